The fourth-order valence-electron chi connectivity index (χ4n) is 9.83. The number of halogens is 1. The number of phosphoric ester groups is 2. The summed E-state index contributed by atoms with van der Waals surface area (Å²) < 4.78 is 46.2. The van der Waals surface area contributed by atoms with E-state index in [1.807, 2.05) is 70.2 Å². The molecule has 19 heteroatoms. The van der Waals surface area contributed by atoms with Gasteiger partial charge in [-0.05, 0) is 167 Å². The Bertz CT molecular complexity index is 2410. The van der Waals surface area contributed by atoms with Gasteiger partial charge in [0.2, 0.25) is 0 Å². The van der Waals surface area contributed by atoms with E-state index in [-0.39, 0.29) is 136 Å². The minimum Gasteiger partial charge on any atom is -0.790 e. The van der Waals surface area contributed by atoms with E-state index in [1.165, 1.54) is 62.5 Å². The Balaban J connectivity index is 0.000000515. The molecule has 0 saturated heterocycles. The van der Waals surface area contributed by atoms with Crippen LogP contribution in [-0.4, -0.2) is 24.8 Å². The van der Waals surface area contributed by atoms with Crippen molar-refractivity contribution in [2.45, 2.75) is 182 Å². The monoisotopic (exact) mass is 1170 g/mol. The minimum atomic E-state index is -5.01. The van der Waals surface area contributed by atoms with Gasteiger partial charge < -0.3 is 57.1 Å². The molecule has 0 amide bonds. The van der Waals surface area contributed by atoms with E-state index in [4.69, 9.17) is 25.8 Å². The first-order valence-electron chi connectivity index (χ1n) is 26.8. The van der Waals surface area contributed by atoms with Crippen LogP contribution in [0.3, 0.4) is 0 Å². The molecule has 4 aliphatic rings. The number of hydrogen-bond donors (Lipinski definition) is 1. The van der Waals surface area contributed by atoms with Crippen molar-refractivity contribution in [3.05, 3.63) is 117 Å². The first-order chi connectivity index (χ1) is 34.8. The van der Waals surface area contributed by atoms with Gasteiger partial charge in [-0.25, -0.2) is 0 Å². The van der Waals surface area contributed by atoms with E-state index in [0.717, 1.165) is 51.0 Å². The number of phenolic OH excluding ortho intramolecular Hbond substituents is 1. The van der Waals surface area contributed by atoms with Gasteiger partial charge in [-0.1, -0.05) is 167 Å². The second-order valence-corrected chi connectivity index (χ2v) is 24.7. The Kier molecular flexibility index (Phi) is 35.3. The molecular weight excluding hydrogens is 1090 g/mol. The third kappa shape index (κ3) is 24.5. The van der Waals surface area contributed by atoms with Gasteiger partial charge >= 0.3 is 118 Å². The molecule has 4 aromatic rings. The summed E-state index contributed by atoms with van der Waals surface area (Å²) in [5, 5.41) is 10.2. The molecule has 12 nitrogen and oxygen atoms in total. The van der Waals surface area contributed by atoms with Crippen LogP contribution in [-0.2, 0) is 18.2 Å². The van der Waals surface area contributed by atoms with Crippen LogP contribution < -0.4 is 152 Å². The predicted molar refractivity (Wildman–Crippen MR) is 288 cm³/mol. The molecule has 0 heterocycles. The summed E-state index contributed by atoms with van der Waals surface area (Å²) in [7, 11) is -10.0. The third-order valence-corrected chi connectivity index (χ3v) is 16.1. The van der Waals surface area contributed by atoms with E-state index in [2.05, 4.69) is 94.8 Å². The van der Waals surface area contributed by atoms with Crippen LogP contribution in [0.4, 0.5) is 0 Å². The van der Waals surface area contributed by atoms with Crippen molar-refractivity contribution in [3.8, 4) is 23.0 Å². The quantitative estimate of drug-likeness (QED) is 0.0522. The molecule has 0 aliphatic heterocycles. The van der Waals surface area contributed by atoms with Crippen LogP contribution in [0, 0.1) is 23.7 Å². The van der Waals surface area contributed by atoms with Crippen LogP contribution >= 0.6 is 27.2 Å². The van der Waals surface area contributed by atoms with Gasteiger partial charge in [0.1, 0.15) is 23.0 Å². The zero-order valence-electron chi connectivity index (χ0n) is 49.8. The minimum absolute atomic E-state index is 0. The molecule has 0 bridgehead atoms. The summed E-state index contributed by atoms with van der Waals surface area (Å²) >= 11 is 5.76. The van der Waals surface area contributed by atoms with E-state index >= 15 is 0 Å². The summed E-state index contributed by atoms with van der Waals surface area (Å²) in [5.74, 6) is 8.97. The van der Waals surface area contributed by atoms with Gasteiger partial charge in [0.05, 0.1) is 15.6 Å². The van der Waals surface area contributed by atoms with E-state index in [1.54, 1.807) is 0 Å². The average molecular weight is 1170 g/mol. The number of alkyl halides is 1. The van der Waals surface area contributed by atoms with Crippen molar-refractivity contribution in [2.75, 3.05) is 19.7 Å². The molecular formula is C59H83ClNa4O12P2. The number of para-hydroxylation sites is 4. The molecule has 4 atom stereocenters. The van der Waals surface area contributed by atoms with Crippen molar-refractivity contribution in [1.82, 2.24) is 0 Å². The second-order valence-electron chi connectivity index (χ2n) is 22.1. The topological polar surface area (TPSA) is 193 Å². The summed E-state index contributed by atoms with van der Waals surface area (Å²) in [6.45, 7) is 24.5. The van der Waals surface area contributed by atoms with Crippen molar-refractivity contribution in [3.63, 3.8) is 0 Å². The second kappa shape index (κ2) is 35.9. The summed E-state index contributed by atoms with van der Waals surface area (Å²) in [5.41, 5.74) is 8.93. The summed E-state index contributed by atoms with van der Waals surface area (Å²) in [6, 6.07) is 24.8. The van der Waals surface area contributed by atoms with Gasteiger partial charge in [-0.15, -0.1) is 0 Å². The fourth-order valence-corrected chi connectivity index (χ4v) is 10.3. The molecule has 4 aromatic carbocycles. The first-order valence-corrected chi connectivity index (χ1v) is 30.3. The predicted octanol–water partition coefficient (Wildman–Crippen LogP) is 1.95. The molecule has 78 heavy (non-hydrogen) atoms. The Morgan fingerprint density at radius 1 is 0.423 bits per heavy atom. The van der Waals surface area contributed by atoms with Crippen molar-refractivity contribution >= 4 is 27.2 Å². The van der Waals surface area contributed by atoms with E-state index in [9.17, 15) is 33.8 Å². The average Bonchev–Trinajstić information content (AvgIpc) is 4.13. The fraction of sp³-hybridized carbons (Fsp3) is 0.593. The zero-order valence-corrected chi connectivity index (χ0v) is 60.4. The maximum absolute atomic E-state index is 10.5. The van der Waals surface area contributed by atoms with Crippen LogP contribution in [0.5, 0.6) is 23.0 Å². The Morgan fingerprint density at radius 2 is 0.654 bits per heavy atom. The molecule has 0 spiro atoms. The van der Waals surface area contributed by atoms with E-state index < -0.39 is 29.2 Å². The third-order valence-electron chi connectivity index (χ3n) is 15.1. The number of rotatable bonds is 22. The molecule has 0 radical (unpaired) electrons. The van der Waals surface area contributed by atoms with Crippen LogP contribution in [0.25, 0.3) is 0 Å². The number of benzene rings is 4. The van der Waals surface area contributed by atoms with E-state index in [0.29, 0.717) is 64.6 Å². The molecule has 0 unspecified atom stereocenters. The Labute approximate surface area is 561 Å². The smallest absolute Gasteiger partial charge is 0.790 e. The van der Waals surface area contributed by atoms with Crippen LogP contribution in [0.15, 0.2) is 72.8 Å². The first kappa shape index (κ1) is 76.6. The normalized spacial score (nSPS) is 16.4. The zero-order chi connectivity index (χ0) is 54.7. The SMILES string of the molecule is CC(C)c1cccc([C@@H](C)C2CC2)c1O.CC(C)c1cccc([C@@H](C)C2CC2)c1OCCl.CC(C)c1cccc([C@@H](C)C2CC2)c1OCOP(=O)([O-])[O-].CC(C)c1cccc([C@@H](C)C2CC2)c1OCOP(=O)([O-])[O-].[Na+].[Na+].[Na+].[Na+]. The maximum Gasteiger partial charge on any atom is 1.00 e. The van der Waals surface area contributed by atoms with Crippen LogP contribution in [0.1, 0.15) is 226 Å². The van der Waals surface area contributed by atoms with Crippen molar-refractivity contribution in [2.24, 2.45) is 23.7 Å². The van der Waals surface area contributed by atoms with Gasteiger partial charge in [-0.3, -0.25) is 0 Å². The molecule has 0 aromatic heterocycles. The molecule has 4 fully saturated rings. The molecule has 8 rings (SSSR count). The van der Waals surface area contributed by atoms with Crippen molar-refractivity contribution in [1.29, 1.82) is 0 Å². The molecule has 4 saturated carbocycles. The van der Waals surface area contributed by atoms with Gasteiger partial charge in [-0.2, -0.15) is 0 Å². The van der Waals surface area contributed by atoms with Crippen LogP contribution in [0.2, 0.25) is 0 Å². The molecule has 412 valence electrons. The maximum atomic E-state index is 10.5. The molecule has 4 aliphatic carbocycles. The number of hydrogen-bond acceptors (Lipinski definition) is 12. The Hall–Kier alpha value is 0.590. The largest absolute Gasteiger partial charge is 1.00 e. The van der Waals surface area contributed by atoms with Gasteiger partial charge in [0, 0.05) is 0 Å². The summed E-state index contributed by atoms with van der Waals surface area (Å²) in [6.07, 6.45) is 10.2. The standard InChI is InChI=1S/C15H21ClO.2C15H23O5P.C14H20O.4Na/c1-10(2)13-5-4-6-14(15(13)17-9-16)11(3)12-7-8-12;2*1-10(2)13-5-4-6-14(11(3)12-7-8-12)15(13)19-9-20-21(16,17)18;1-9(2)12-5-4-6-13(14(12)15)10(3)11-7-8-11;;;;/h4-6,10-12H,7-9H2,1-3H3;2*4-6,10-12H,7-9H2,1-3H3,(H2,16,17,18);4-6,9-11,15H,7-8H2,1-3H3;;;;/q;;;;4*+1/p-4/t3*11-;10-;;;;/m0000..../s1. The Morgan fingerprint density at radius 3 is 0.897 bits per heavy atom. The van der Waals surface area contributed by atoms with Gasteiger partial charge in [0.25, 0.3) is 0 Å². The van der Waals surface area contributed by atoms with Crippen molar-refractivity contribution < 1.29 is 175 Å². The number of aromatic hydroxyl groups is 1. The number of phosphoric acid groups is 2. The molecule has 1 N–H and O–H groups in total. The summed E-state index contributed by atoms with van der Waals surface area (Å²) in [4.78, 5) is 42.2. The van der Waals surface area contributed by atoms with Gasteiger partial charge in [0.15, 0.2) is 19.7 Å². The number of phenols is 1. The number of ether oxygens (including phenoxy) is 3.